The quantitative estimate of drug-likeness (QED) is 0.810. The van der Waals surface area contributed by atoms with Crippen molar-refractivity contribution in [3.8, 4) is 5.75 Å². The standard InChI is InChI=1S/C13H19FN2O2/c1-2-18-13-7-12(11(15)6-10(13)14)16-9-4-3-5-17-8-9/h6-7,9,16H,2-5,8,15H2,1H3. The fourth-order valence-corrected chi connectivity index (χ4v) is 2.03. The van der Waals surface area contributed by atoms with Gasteiger partial charge in [0.15, 0.2) is 11.6 Å². The number of benzene rings is 1. The zero-order valence-corrected chi connectivity index (χ0v) is 10.5. The second kappa shape index (κ2) is 5.91. The second-order valence-electron chi connectivity index (χ2n) is 4.36. The van der Waals surface area contributed by atoms with Gasteiger partial charge in [0.2, 0.25) is 0 Å². The lowest BCUT2D eigenvalue weighted by Crippen LogP contribution is -2.30. The van der Waals surface area contributed by atoms with Crippen molar-refractivity contribution in [1.82, 2.24) is 0 Å². The van der Waals surface area contributed by atoms with Crippen LogP contribution < -0.4 is 15.8 Å². The van der Waals surface area contributed by atoms with Crippen molar-refractivity contribution in [2.45, 2.75) is 25.8 Å². The van der Waals surface area contributed by atoms with Crippen molar-refractivity contribution in [3.63, 3.8) is 0 Å². The average molecular weight is 254 g/mol. The summed E-state index contributed by atoms with van der Waals surface area (Å²) in [5.74, 6) is -0.203. The molecule has 1 heterocycles. The van der Waals surface area contributed by atoms with E-state index in [4.69, 9.17) is 15.2 Å². The molecule has 1 aliphatic heterocycles. The van der Waals surface area contributed by atoms with Gasteiger partial charge in [0.05, 0.1) is 24.6 Å². The molecule has 1 saturated heterocycles. The van der Waals surface area contributed by atoms with Crippen LogP contribution in [0.1, 0.15) is 19.8 Å². The highest BCUT2D eigenvalue weighted by Gasteiger charge is 2.16. The Kier molecular flexibility index (Phi) is 4.25. The molecule has 1 aromatic carbocycles. The maximum atomic E-state index is 13.5. The van der Waals surface area contributed by atoms with Crippen LogP contribution in [-0.2, 0) is 4.74 Å². The van der Waals surface area contributed by atoms with Crippen molar-refractivity contribution in [2.24, 2.45) is 0 Å². The monoisotopic (exact) mass is 254 g/mol. The van der Waals surface area contributed by atoms with Gasteiger partial charge in [-0.1, -0.05) is 0 Å². The fraction of sp³-hybridized carbons (Fsp3) is 0.538. The third-order valence-electron chi connectivity index (χ3n) is 2.92. The average Bonchev–Trinajstić information content (AvgIpc) is 2.37. The molecule has 0 amide bonds. The molecule has 0 spiro atoms. The number of anilines is 2. The molecule has 1 unspecified atom stereocenters. The highest BCUT2D eigenvalue weighted by molar-refractivity contribution is 5.69. The van der Waals surface area contributed by atoms with Crippen LogP contribution in [0.4, 0.5) is 15.8 Å². The number of hydrogen-bond donors (Lipinski definition) is 2. The topological polar surface area (TPSA) is 56.5 Å². The molecular formula is C13H19FN2O2. The molecule has 1 aliphatic rings. The van der Waals surface area contributed by atoms with E-state index in [1.165, 1.54) is 6.07 Å². The van der Waals surface area contributed by atoms with Crippen molar-refractivity contribution in [1.29, 1.82) is 0 Å². The molecule has 0 radical (unpaired) electrons. The second-order valence-corrected chi connectivity index (χ2v) is 4.36. The van der Waals surface area contributed by atoms with E-state index < -0.39 is 5.82 Å². The van der Waals surface area contributed by atoms with Gasteiger partial charge in [0, 0.05) is 24.8 Å². The zero-order chi connectivity index (χ0) is 13.0. The molecule has 0 saturated carbocycles. The van der Waals surface area contributed by atoms with E-state index in [0.29, 0.717) is 24.6 Å². The molecule has 0 aromatic heterocycles. The Morgan fingerprint density at radius 3 is 3.06 bits per heavy atom. The van der Waals surface area contributed by atoms with Crippen LogP contribution in [0.3, 0.4) is 0 Å². The van der Waals surface area contributed by atoms with Crippen molar-refractivity contribution < 1.29 is 13.9 Å². The lowest BCUT2D eigenvalue weighted by molar-refractivity contribution is 0.0876. The van der Waals surface area contributed by atoms with E-state index in [9.17, 15) is 4.39 Å². The molecule has 1 aromatic rings. The van der Waals surface area contributed by atoms with Crippen LogP contribution in [0.25, 0.3) is 0 Å². The Morgan fingerprint density at radius 1 is 1.56 bits per heavy atom. The Morgan fingerprint density at radius 2 is 2.39 bits per heavy atom. The lowest BCUT2D eigenvalue weighted by atomic mass is 10.1. The first-order valence-electron chi connectivity index (χ1n) is 6.26. The maximum Gasteiger partial charge on any atom is 0.167 e. The molecule has 0 aliphatic carbocycles. The van der Waals surface area contributed by atoms with Crippen molar-refractivity contribution in [2.75, 3.05) is 30.9 Å². The number of hydrogen-bond acceptors (Lipinski definition) is 4. The summed E-state index contributed by atoms with van der Waals surface area (Å²) in [6.07, 6.45) is 2.05. The molecule has 4 nitrogen and oxygen atoms in total. The molecule has 2 rings (SSSR count). The predicted octanol–water partition coefficient (Wildman–Crippen LogP) is 2.40. The summed E-state index contributed by atoms with van der Waals surface area (Å²) in [5.41, 5.74) is 6.90. The number of nitrogen functional groups attached to an aromatic ring is 1. The van der Waals surface area contributed by atoms with Gasteiger partial charge in [-0.3, -0.25) is 0 Å². The minimum atomic E-state index is -0.431. The number of nitrogens with two attached hydrogens (primary N) is 1. The molecular weight excluding hydrogens is 235 g/mol. The summed E-state index contributed by atoms with van der Waals surface area (Å²) in [5, 5.41) is 3.28. The highest BCUT2D eigenvalue weighted by Crippen LogP contribution is 2.29. The summed E-state index contributed by atoms with van der Waals surface area (Å²) in [4.78, 5) is 0. The third kappa shape index (κ3) is 3.04. The SMILES string of the molecule is CCOc1cc(NC2CCCOC2)c(N)cc1F. The first-order chi connectivity index (χ1) is 8.70. The third-order valence-corrected chi connectivity index (χ3v) is 2.92. The van der Waals surface area contributed by atoms with Crippen LogP contribution in [0.5, 0.6) is 5.75 Å². The molecule has 5 heteroatoms. The van der Waals surface area contributed by atoms with Gasteiger partial charge < -0.3 is 20.5 Å². The molecule has 0 bridgehead atoms. The van der Waals surface area contributed by atoms with E-state index >= 15 is 0 Å². The largest absolute Gasteiger partial charge is 0.491 e. The van der Waals surface area contributed by atoms with Gasteiger partial charge in [-0.25, -0.2) is 4.39 Å². The van der Waals surface area contributed by atoms with E-state index in [1.54, 1.807) is 6.07 Å². The van der Waals surface area contributed by atoms with Crippen molar-refractivity contribution in [3.05, 3.63) is 17.9 Å². The Labute approximate surface area is 106 Å². The molecule has 1 fully saturated rings. The Hall–Kier alpha value is -1.49. The molecule has 18 heavy (non-hydrogen) atoms. The molecule has 1 atom stereocenters. The summed E-state index contributed by atoms with van der Waals surface area (Å²) in [7, 11) is 0. The molecule has 100 valence electrons. The summed E-state index contributed by atoms with van der Waals surface area (Å²) in [6.45, 7) is 3.70. The lowest BCUT2D eigenvalue weighted by Gasteiger charge is -2.25. The number of halogens is 1. The predicted molar refractivity (Wildman–Crippen MR) is 69.4 cm³/mol. The van der Waals surface area contributed by atoms with Crippen molar-refractivity contribution >= 4 is 11.4 Å². The number of ether oxygens (including phenoxy) is 2. The highest BCUT2D eigenvalue weighted by atomic mass is 19.1. The Bertz CT molecular complexity index is 406. The van der Waals surface area contributed by atoms with Crippen LogP contribution in [0, 0.1) is 5.82 Å². The summed E-state index contributed by atoms with van der Waals surface area (Å²) >= 11 is 0. The van der Waals surface area contributed by atoms with Gasteiger partial charge in [-0.15, -0.1) is 0 Å². The van der Waals surface area contributed by atoms with Crippen LogP contribution >= 0.6 is 0 Å². The van der Waals surface area contributed by atoms with Gasteiger partial charge in [0.1, 0.15) is 0 Å². The zero-order valence-electron chi connectivity index (χ0n) is 10.5. The summed E-state index contributed by atoms with van der Waals surface area (Å²) < 4.78 is 24.1. The normalized spacial score (nSPS) is 19.6. The first-order valence-corrected chi connectivity index (χ1v) is 6.26. The van der Waals surface area contributed by atoms with Gasteiger partial charge >= 0.3 is 0 Å². The van der Waals surface area contributed by atoms with Gasteiger partial charge in [-0.05, 0) is 19.8 Å². The van der Waals surface area contributed by atoms with E-state index in [0.717, 1.165) is 19.4 Å². The fourth-order valence-electron chi connectivity index (χ4n) is 2.03. The van der Waals surface area contributed by atoms with E-state index in [1.807, 2.05) is 6.92 Å². The van der Waals surface area contributed by atoms with Gasteiger partial charge in [-0.2, -0.15) is 0 Å². The van der Waals surface area contributed by atoms with E-state index in [2.05, 4.69) is 5.32 Å². The number of nitrogens with one attached hydrogen (secondary N) is 1. The molecule has 3 N–H and O–H groups in total. The van der Waals surface area contributed by atoms with Crippen LogP contribution in [0.2, 0.25) is 0 Å². The maximum absolute atomic E-state index is 13.5. The minimum Gasteiger partial charge on any atom is -0.491 e. The van der Waals surface area contributed by atoms with Crippen LogP contribution in [0.15, 0.2) is 12.1 Å². The van der Waals surface area contributed by atoms with Crippen LogP contribution in [-0.4, -0.2) is 25.9 Å². The summed E-state index contributed by atoms with van der Waals surface area (Å²) in [6, 6.07) is 3.13. The minimum absolute atomic E-state index is 0.223. The first kappa shape index (κ1) is 13.0. The van der Waals surface area contributed by atoms with Gasteiger partial charge in [0.25, 0.3) is 0 Å². The Balaban J connectivity index is 2.12. The number of rotatable bonds is 4. The smallest absolute Gasteiger partial charge is 0.167 e. The van der Waals surface area contributed by atoms with E-state index in [-0.39, 0.29) is 11.8 Å².